The van der Waals surface area contributed by atoms with E-state index in [1.165, 1.54) is 0 Å². The number of benzene rings is 2. The SMILES string of the molecule is COc1cc(NC(=O)Nc2cccc(-c3cn4ccccc4n3)c2)cc(OC)c1. The number of anilines is 2. The van der Waals surface area contributed by atoms with Crippen LogP contribution in [0.15, 0.2) is 73.1 Å². The summed E-state index contributed by atoms with van der Waals surface area (Å²) in [5, 5.41) is 5.63. The van der Waals surface area contributed by atoms with Crippen molar-refractivity contribution in [2.24, 2.45) is 0 Å². The molecule has 0 aliphatic carbocycles. The van der Waals surface area contributed by atoms with Crippen molar-refractivity contribution in [1.29, 1.82) is 0 Å². The molecule has 0 fully saturated rings. The molecule has 4 aromatic rings. The van der Waals surface area contributed by atoms with Gasteiger partial charge in [-0.2, -0.15) is 0 Å². The van der Waals surface area contributed by atoms with E-state index in [1.807, 2.05) is 59.3 Å². The van der Waals surface area contributed by atoms with Gasteiger partial charge in [-0.25, -0.2) is 9.78 Å². The zero-order valence-corrected chi connectivity index (χ0v) is 16.0. The topological polar surface area (TPSA) is 76.9 Å². The van der Waals surface area contributed by atoms with E-state index >= 15 is 0 Å². The van der Waals surface area contributed by atoms with Gasteiger partial charge in [0.15, 0.2) is 0 Å². The number of carbonyl (C=O) groups excluding carboxylic acids is 1. The van der Waals surface area contributed by atoms with E-state index in [2.05, 4.69) is 15.6 Å². The number of hydrogen-bond acceptors (Lipinski definition) is 4. The number of amides is 2. The number of nitrogens with zero attached hydrogens (tertiary/aromatic N) is 2. The fraction of sp³-hybridized carbons (Fsp3) is 0.0909. The van der Waals surface area contributed by atoms with E-state index in [4.69, 9.17) is 9.47 Å². The van der Waals surface area contributed by atoms with Crippen LogP contribution in [0, 0.1) is 0 Å². The Bertz CT molecular complexity index is 1110. The Labute approximate surface area is 167 Å². The van der Waals surface area contributed by atoms with Crippen LogP contribution in [0.2, 0.25) is 0 Å². The number of carbonyl (C=O) groups is 1. The van der Waals surface area contributed by atoms with Crippen molar-refractivity contribution < 1.29 is 14.3 Å². The minimum atomic E-state index is -0.368. The first-order chi connectivity index (χ1) is 14.1. The summed E-state index contributed by atoms with van der Waals surface area (Å²) < 4.78 is 12.4. The fourth-order valence-electron chi connectivity index (χ4n) is 3.00. The number of nitrogens with one attached hydrogen (secondary N) is 2. The van der Waals surface area contributed by atoms with Gasteiger partial charge in [-0.05, 0) is 24.3 Å². The van der Waals surface area contributed by atoms with Gasteiger partial charge in [0.1, 0.15) is 17.1 Å². The van der Waals surface area contributed by atoms with Gasteiger partial charge in [0, 0.05) is 47.5 Å². The number of pyridine rings is 1. The largest absolute Gasteiger partial charge is 0.497 e. The zero-order chi connectivity index (χ0) is 20.2. The van der Waals surface area contributed by atoms with E-state index in [-0.39, 0.29) is 6.03 Å². The first kappa shape index (κ1) is 18.4. The third kappa shape index (κ3) is 4.14. The van der Waals surface area contributed by atoms with Crippen LogP contribution in [0.4, 0.5) is 16.2 Å². The maximum atomic E-state index is 12.4. The summed E-state index contributed by atoms with van der Waals surface area (Å²) in [5.74, 6) is 1.18. The molecule has 0 bridgehead atoms. The molecule has 0 saturated carbocycles. The summed E-state index contributed by atoms with van der Waals surface area (Å²) in [6, 6.07) is 18.2. The number of ether oxygens (including phenoxy) is 2. The highest BCUT2D eigenvalue weighted by molar-refractivity contribution is 6.00. The molecule has 0 unspecified atom stereocenters. The molecule has 0 aliphatic heterocycles. The van der Waals surface area contributed by atoms with Crippen LogP contribution in [0.1, 0.15) is 0 Å². The van der Waals surface area contributed by atoms with Gasteiger partial charge >= 0.3 is 6.03 Å². The number of urea groups is 1. The first-order valence-corrected chi connectivity index (χ1v) is 9.00. The maximum Gasteiger partial charge on any atom is 0.323 e. The number of imidazole rings is 1. The number of rotatable bonds is 5. The van der Waals surface area contributed by atoms with Crippen molar-refractivity contribution >= 4 is 23.1 Å². The Morgan fingerprint density at radius 2 is 1.66 bits per heavy atom. The molecule has 0 aliphatic rings. The monoisotopic (exact) mass is 388 g/mol. The van der Waals surface area contributed by atoms with Crippen LogP contribution >= 0.6 is 0 Å². The molecule has 0 radical (unpaired) electrons. The second kappa shape index (κ2) is 7.93. The van der Waals surface area contributed by atoms with Crippen LogP contribution in [0.3, 0.4) is 0 Å². The van der Waals surface area contributed by atoms with Crippen LogP contribution in [0.25, 0.3) is 16.9 Å². The Kier molecular flexibility index (Phi) is 5.03. The molecule has 7 heteroatoms. The van der Waals surface area contributed by atoms with Crippen molar-refractivity contribution in [3.05, 3.63) is 73.1 Å². The highest BCUT2D eigenvalue weighted by atomic mass is 16.5. The highest BCUT2D eigenvalue weighted by Crippen LogP contribution is 2.26. The van der Waals surface area contributed by atoms with Crippen LogP contribution in [-0.4, -0.2) is 29.6 Å². The Morgan fingerprint density at radius 3 is 2.38 bits per heavy atom. The van der Waals surface area contributed by atoms with Crippen LogP contribution in [-0.2, 0) is 0 Å². The van der Waals surface area contributed by atoms with Crippen molar-refractivity contribution in [3.63, 3.8) is 0 Å². The molecule has 0 spiro atoms. The van der Waals surface area contributed by atoms with E-state index < -0.39 is 0 Å². The lowest BCUT2D eigenvalue weighted by atomic mass is 10.1. The fourth-order valence-corrected chi connectivity index (χ4v) is 3.00. The molecule has 2 aromatic heterocycles. The number of methoxy groups -OCH3 is 2. The lowest BCUT2D eigenvalue weighted by molar-refractivity contribution is 0.262. The van der Waals surface area contributed by atoms with Crippen LogP contribution in [0.5, 0.6) is 11.5 Å². The van der Waals surface area contributed by atoms with Crippen molar-refractivity contribution in [2.75, 3.05) is 24.9 Å². The molecule has 29 heavy (non-hydrogen) atoms. The van der Waals surface area contributed by atoms with Gasteiger partial charge in [-0.15, -0.1) is 0 Å². The molecule has 4 rings (SSSR count). The maximum absolute atomic E-state index is 12.4. The molecular weight excluding hydrogens is 368 g/mol. The van der Waals surface area contributed by atoms with Gasteiger partial charge < -0.3 is 24.5 Å². The van der Waals surface area contributed by atoms with Gasteiger partial charge in [-0.1, -0.05) is 18.2 Å². The molecule has 0 saturated heterocycles. The Hall–Kier alpha value is -4.00. The van der Waals surface area contributed by atoms with Crippen molar-refractivity contribution in [1.82, 2.24) is 9.38 Å². The number of hydrogen-bond donors (Lipinski definition) is 2. The highest BCUT2D eigenvalue weighted by Gasteiger charge is 2.09. The summed E-state index contributed by atoms with van der Waals surface area (Å²) in [6.07, 6.45) is 3.90. The van der Waals surface area contributed by atoms with Gasteiger partial charge in [-0.3, -0.25) is 0 Å². The molecule has 2 N–H and O–H groups in total. The molecule has 0 atom stereocenters. The molecule has 146 valence electrons. The third-order valence-corrected chi connectivity index (χ3v) is 4.39. The van der Waals surface area contributed by atoms with E-state index in [1.54, 1.807) is 32.4 Å². The minimum Gasteiger partial charge on any atom is -0.497 e. The molecular formula is C22H20N4O3. The number of fused-ring (bicyclic) bond motifs is 1. The zero-order valence-electron chi connectivity index (χ0n) is 16.0. The quantitative estimate of drug-likeness (QED) is 0.521. The van der Waals surface area contributed by atoms with Gasteiger partial charge in [0.05, 0.1) is 19.9 Å². The van der Waals surface area contributed by atoms with E-state index in [0.717, 1.165) is 16.9 Å². The van der Waals surface area contributed by atoms with Crippen molar-refractivity contribution in [2.45, 2.75) is 0 Å². The minimum absolute atomic E-state index is 0.368. The average Bonchev–Trinajstić information content (AvgIpc) is 3.18. The van der Waals surface area contributed by atoms with E-state index in [0.29, 0.717) is 22.9 Å². The smallest absolute Gasteiger partial charge is 0.323 e. The second-order valence-electron chi connectivity index (χ2n) is 6.35. The summed E-state index contributed by atoms with van der Waals surface area (Å²) in [7, 11) is 3.12. The van der Waals surface area contributed by atoms with Gasteiger partial charge in [0.25, 0.3) is 0 Å². The molecule has 7 nitrogen and oxygen atoms in total. The van der Waals surface area contributed by atoms with Crippen molar-refractivity contribution in [3.8, 4) is 22.8 Å². The summed E-state index contributed by atoms with van der Waals surface area (Å²) in [4.78, 5) is 17.1. The predicted octanol–water partition coefficient (Wildman–Crippen LogP) is 4.66. The number of aromatic nitrogens is 2. The average molecular weight is 388 g/mol. The Morgan fingerprint density at radius 1 is 0.897 bits per heavy atom. The summed E-state index contributed by atoms with van der Waals surface area (Å²) in [6.45, 7) is 0. The normalized spacial score (nSPS) is 10.6. The first-order valence-electron chi connectivity index (χ1n) is 9.00. The van der Waals surface area contributed by atoms with Crippen LogP contribution < -0.4 is 20.1 Å². The second-order valence-corrected chi connectivity index (χ2v) is 6.35. The summed E-state index contributed by atoms with van der Waals surface area (Å²) >= 11 is 0. The molecule has 2 aromatic carbocycles. The lowest BCUT2D eigenvalue weighted by Gasteiger charge is -2.11. The van der Waals surface area contributed by atoms with E-state index in [9.17, 15) is 4.79 Å². The van der Waals surface area contributed by atoms with Gasteiger partial charge in [0.2, 0.25) is 0 Å². The molecule has 2 heterocycles. The standard InChI is InChI=1S/C22H20N4O3/c1-28-18-11-17(12-19(13-18)29-2)24-22(27)23-16-7-5-6-15(10-16)20-14-26-9-4-3-8-21(26)25-20/h3-14H,1-2H3,(H2,23,24,27). The Balaban J connectivity index is 1.51. The molecule has 2 amide bonds. The predicted molar refractivity (Wildman–Crippen MR) is 113 cm³/mol. The summed E-state index contributed by atoms with van der Waals surface area (Å²) in [5.41, 5.74) is 3.83. The lowest BCUT2D eigenvalue weighted by Crippen LogP contribution is -2.19. The third-order valence-electron chi connectivity index (χ3n) is 4.39.